The van der Waals surface area contributed by atoms with E-state index < -0.39 is 10.0 Å². The van der Waals surface area contributed by atoms with Gasteiger partial charge in [0.05, 0.1) is 5.75 Å². The molecule has 0 radical (unpaired) electrons. The molecule has 1 heterocycles. The van der Waals surface area contributed by atoms with Gasteiger partial charge in [-0.25, -0.2) is 8.42 Å². The second-order valence-corrected chi connectivity index (χ2v) is 6.93. The molecule has 1 saturated heterocycles. The van der Waals surface area contributed by atoms with Crippen molar-refractivity contribution < 1.29 is 8.42 Å². The molecule has 0 aromatic heterocycles. The zero-order valence-electron chi connectivity index (χ0n) is 10.6. The van der Waals surface area contributed by atoms with Gasteiger partial charge < -0.3 is 5.32 Å². The summed E-state index contributed by atoms with van der Waals surface area (Å²) in [6.45, 7) is 5.72. The fourth-order valence-corrected chi connectivity index (χ4v) is 4.27. The second kappa shape index (κ2) is 5.98. The molecule has 0 spiro atoms. The van der Waals surface area contributed by atoms with Crippen LogP contribution in [0.5, 0.6) is 0 Å². The van der Waals surface area contributed by atoms with Crippen molar-refractivity contribution in [3.05, 3.63) is 0 Å². The molecule has 4 nitrogen and oxygen atoms in total. The lowest BCUT2D eigenvalue weighted by atomic mass is 10.1. The van der Waals surface area contributed by atoms with E-state index in [9.17, 15) is 8.42 Å². The third-order valence-corrected chi connectivity index (χ3v) is 5.19. The quantitative estimate of drug-likeness (QED) is 0.715. The molecular weight excluding hydrogens is 224 g/mol. The maximum atomic E-state index is 12.1. The number of nitrogens with one attached hydrogen (secondary N) is 1. The van der Waals surface area contributed by atoms with Crippen LogP contribution in [0.15, 0.2) is 0 Å². The normalized spacial score (nSPS) is 27.4. The predicted molar refractivity (Wildman–Crippen MR) is 66.9 cm³/mol. The Kier molecular flexibility index (Phi) is 5.21. The highest BCUT2D eigenvalue weighted by Gasteiger charge is 2.34. The highest BCUT2D eigenvalue weighted by molar-refractivity contribution is 7.89. The molecule has 0 aromatic carbocycles. The molecule has 1 aliphatic heterocycles. The van der Waals surface area contributed by atoms with Gasteiger partial charge in [0.25, 0.3) is 0 Å². The lowest BCUT2D eigenvalue weighted by Crippen LogP contribution is -2.35. The first-order chi connectivity index (χ1) is 7.47. The first-order valence-corrected chi connectivity index (χ1v) is 7.72. The summed E-state index contributed by atoms with van der Waals surface area (Å²) in [5, 5.41) is 3.03. The number of unbranched alkanes of at least 4 members (excludes halogenated alkanes) is 1. The third-order valence-electron chi connectivity index (χ3n) is 3.16. The van der Waals surface area contributed by atoms with E-state index in [1.54, 1.807) is 4.31 Å². The number of sulfonamides is 1. The maximum Gasteiger partial charge on any atom is 0.214 e. The zero-order chi connectivity index (χ0) is 12.2. The number of hydrogen-bond donors (Lipinski definition) is 1. The van der Waals surface area contributed by atoms with Crippen LogP contribution in [0, 0.1) is 5.92 Å². The van der Waals surface area contributed by atoms with E-state index in [1.165, 1.54) is 0 Å². The minimum Gasteiger partial charge on any atom is -0.320 e. The molecule has 96 valence electrons. The maximum absolute atomic E-state index is 12.1. The largest absolute Gasteiger partial charge is 0.320 e. The highest BCUT2D eigenvalue weighted by atomic mass is 32.2. The first-order valence-electron chi connectivity index (χ1n) is 6.11. The summed E-state index contributed by atoms with van der Waals surface area (Å²) in [6, 6.07) is 0.185. The summed E-state index contributed by atoms with van der Waals surface area (Å²) in [6.07, 6.45) is 2.67. The Morgan fingerprint density at radius 2 is 2.00 bits per heavy atom. The van der Waals surface area contributed by atoms with Gasteiger partial charge in [-0.05, 0) is 45.7 Å². The lowest BCUT2D eigenvalue weighted by Gasteiger charge is -2.20. The smallest absolute Gasteiger partial charge is 0.214 e. The van der Waals surface area contributed by atoms with E-state index in [4.69, 9.17) is 0 Å². The molecule has 2 unspecified atom stereocenters. The van der Waals surface area contributed by atoms with Crippen molar-refractivity contribution in [2.75, 3.05) is 25.9 Å². The molecular formula is C11H24N2O2S. The monoisotopic (exact) mass is 248 g/mol. The summed E-state index contributed by atoms with van der Waals surface area (Å²) < 4.78 is 25.8. The van der Waals surface area contributed by atoms with Crippen LogP contribution in [0.2, 0.25) is 0 Å². The Bertz CT molecular complexity index is 303. The van der Waals surface area contributed by atoms with E-state index in [0.717, 1.165) is 25.8 Å². The number of nitrogens with zero attached hydrogens (tertiary/aromatic N) is 1. The Labute approximate surface area is 99.5 Å². The molecule has 1 rings (SSSR count). The van der Waals surface area contributed by atoms with Gasteiger partial charge in [-0.2, -0.15) is 4.31 Å². The topological polar surface area (TPSA) is 49.4 Å². The standard InChI is InChI=1S/C11H24N2O2S/c1-10-8-11(2)13(9-10)16(14,15)7-5-4-6-12-3/h10-12H,4-9H2,1-3H3. The van der Waals surface area contributed by atoms with Gasteiger partial charge in [0, 0.05) is 12.6 Å². The summed E-state index contributed by atoms with van der Waals surface area (Å²) in [5.41, 5.74) is 0. The lowest BCUT2D eigenvalue weighted by molar-refractivity contribution is 0.404. The molecule has 5 heteroatoms. The van der Waals surface area contributed by atoms with Gasteiger partial charge in [-0.1, -0.05) is 6.92 Å². The van der Waals surface area contributed by atoms with E-state index >= 15 is 0 Å². The molecule has 0 aromatic rings. The van der Waals surface area contributed by atoms with Crippen LogP contribution < -0.4 is 5.32 Å². The summed E-state index contributed by atoms with van der Waals surface area (Å²) in [5.74, 6) is 0.799. The average molecular weight is 248 g/mol. The zero-order valence-corrected chi connectivity index (χ0v) is 11.4. The van der Waals surface area contributed by atoms with Gasteiger partial charge in [-0.15, -0.1) is 0 Å². The van der Waals surface area contributed by atoms with Crippen LogP contribution in [-0.4, -0.2) is 44.7 Å². The van der Waals surface area contributed by atoms with Crippen LogP contribution in [0.3, 0.4) is 0 Å². The van der Waals surface area contributed by atoms with Gasteiger partial charge in [0.1, 0.15) is 0 Å². The molecule has 0 amide bonds. The average Bonchev–Trinajstić information content (AvgIpc) is 2.53. The summed E-state index contributed by atoms with van der Waals surface area (Å²) in [7, 11) is -1.13. The fourth-order valence-electron chi connectivity index (χ4n) is 2.35. The molecule has 2 atom stereocenters. The van der Waals surface area contributed by atoms with Gasteiger partial charge >= 0.3 is 0 Å². The van der Waals surface area contributed by atoms with Crippen molar-refractivity contribution in [3.8, 4) is 0 Å². The number of hydrogen-bond acceptors (Lipinski definition) is 3. The Hall–Kier alpha value is -0.130. The molecule has 1 fully saturated rings. The number of rotatable bonds is 6. The molecule has 0 aliphatic carbocycles. The molecule has 1 aliphatic rings. The van der Waals surface area contributed by atoms with E-state index in [-0.39, 0.29) is 6.04 Å². The minimum atomic E-state index is -3.02. The highest BCUT2D eigenvalue weighted by Crippen LogP contribution is 2.25. The minimum absolute atomic E-state index is 0.185. The SMILES string of the molecule is CNCCCCS(=O)(=O)N1CC(C)CC1C. The fraction of sp³-hybridized carbons (Fsp3) is 1.00. The van der Waals surface area contributed by atoms with E-state index in [1.807, 2.05) is 14.0 Å². The van der Waals surface area contributed by atoms with Crippen LogP contribution in [0.4, 0.5) is 0 Å². The molecule has 1 N–H and O–H groups in total. The van der Waals surface area contributed by atoms with Crippen LogP contribution in [0.25, 0.3) is 0 Å². The Morgan fingerprint density at radius 1 is 1.31 bits per heavy atom. The van der Waals surface area contributed by atoms with Crippen LogP contribution in [-0.2, 0) is 10.0 Å². The van der Waals surface area contributed by atoms with Crippen LogP contribution >= 0.6 is 0 Å². The summed E-state index contributed by atoms with van der Waals surface area (Å²) >= 11 is 0. The van der Waals surface area contributed by atoms with Crippen molar-refractivity contribution in [1.29, 1.82) is 0 Å². The second-order valence-electron chi connectivity index (χ2n) is 4.89. The van der Waals surface area contributed by atoms with Crippen molar-refractivity contribution in [2.24, 2.45) is 5.92 Å². The molecule has 0 bridgehead atoms. The van der Waals surface area contributed by atoms with Crippen molar-refractivity contribution in [1.82, 2.24) is 9.62 Å². The first kappa shape index (κ1) is 13.9. The predicted octanol–water partition coefficient (Wildman–Crippen LogP) is 1.05. The Balaban J connectivity index is 2.44. The summed E-state index contributed by atoms with van der Waals surface area (Å²) in [4.78, 5) is 0. The van der Waals surface area contributed by atoms with E-state index in [2.05, 4.69) is 12.2 Å². The Morgan fingerprint density at radius 3 is 2.50 bits per heavy atom. The van der Waals surface area contributed by atoms with Gasteiger partial charge in [0.2, 0.25) is 10.0 Å². The molecule has 0 saturated carbocycles. The molecule has 16 heavy (non-hydrogen) atoms. The van der Waals surface area contributed by atoms with Crippen molar-refractivity contribution in [3.63, 3.8) is 0 Å². The van der Waals surface area contributed by atoms with E-state index in [0.29, 0.717) is 18.2 Å². The third kappa shape index (κ3) is 3.71. The van der Waals surface area contributed by atoms with Crippen LogP contribution in [0.1, 0.15) is 33.1 Å². The van der Waals surface area contributed by atoms with Gasteiger partial charge in [-0.3, -0.25) is 0 Å². The van der Waals surface area contributed by atoms with Crippen molar-refractivity contribution >= 4 is 10.0 Å². The van der Waals surface area contributed by atoms with Gasteiger partial charge in [0.15, 0.2) is 0 Å². The van der Waals surface area contributed by atoms with Crippen molar-refractivity contribution in [2.45, 2.75) is 39.2 Å².